The van der Waals surface area contributed by atoms with Gasteiger partial charge in [-0.05, 0) is 61.7 Å². The average molecular weight is 424 g/mol. The van der Waals surface area contributed by atoms with E-state index in [1.165, 1.54) is 16.8 Å². The molecule has 1 fully saturated rings. The molecule has 0 spiro atoms. The molecule has 2 aromatic rings. The number of carbonyl (C=O) groups excluding carboxylic acids is 1. The van der Waals surface area contributed by atoms with Crippen molar-refractivity contribution in [2.24, 2.45) is 0 Å². The molecule has 2 aliphatic heterocycles. The molecule has 0 bridgehead atoms. The topological polar surface area (TPSA) is 54.0 Å². The van der Waals surface area contributed by atoms with E-state index in [-0.39, 0.29) is 18.1 Å². The van der Waals surface area contributed by atoms with Crippen LogP contribution in [0.1, 0.15) is 41.4 Å². The number of ether oxygens (including phenoxy) is 2. The number of carbonyl (C=O) groups is 1. The van der Waals surface area contributed by atoms with Crippen LogP contribution in [0.15, 0.2) is 42.5 Å². The lowest BCUT2D eigenvalue weighted by Crippen LogP contribution is -2.43. The molecule has 2 aliphatic rings. The number of fused-ring (bicyclic) bond motifs is 1. The zero-order valence-corrected chi connectivity index (χ0v) is 18.8. The lowest BCUT2D eigenvalue weighted by Gasteiger charge is -2.35. The summed E-state index contributed by atoms with van der Waals surface area (Å²) in [5.74, 6) is 0.719. The van der Waals surface area contributed by atoms with Gasteiger partial charge in [0.15, 0.2) is 0 Å². The Balaban J connectivity index is 1.47. The van der Waals surface area contributed by atoms with Gasteiger partial charge in [-0.3, -0.25) is 9.69 Å². The van der Waals surface area contributed by atoms with Gasteiger partial charge in [0.25, 0.3) is 5.91 Å². The van der Waals surface area contributed by atoms with Gasteiger partial charge in [-0.2, -0.15) is 0 Å². The minimum absolute atomic E-state index is 0.0600. The summed E-state index contributed by atoms with van der Waals surface area (Å²) in [4.78, 5) is 17.5. The van der Waals surface area contributed by atoms with Crippen LogP contribution < -0.4 is 15.0 Å². The number of likely N-dealkylation sites (N-methyl/N-ethyl adjacent to an activating group) is 1. The second-order valence-corrected chi connectivity index (χ2v) is 8.62. The Morgan fingerprint density at radius 3 is 2.55 bits per heavy atom. The highest BCUT2D eigenvalue weighted by atomic mass is 16.5. The zero-order valence-electron chi connectivity index (χ0n) is 18.8. The van der Waals surface area contributed by atoms with Crippen molar-refractivity contribution in [3.63, 3.8) is 0 Å². The summed E-state index contributed by atoms with van der Waals surface area (Å²) in [5.41, 5.74) is 4.62. The molecule has 6 heteroatoms. The predicted molar refractivity (Wildman–Crippen MR) is 123 cm³/mol. The van der Waals surface area contributed by atoms with Crippen molar-refractivity contribution >= 4 is 11.6 Å². The van der Waals surface area contributed by atoms with Crippen molar-refractivity contribution < 1.29 is 14.3 Å². The van der Waals surface area contributed by atoms with Crippen molar-refractivity contribution in [1.29, 1.82) is 0 Å². The lowest BCUT2D eigenvalue weighted by atomic mass is 10.00. The van der Waals surface area contributed by atoms with Crippen molar-refractivity contribution in [2.75, 3.05) is 51.3 Å². The Labute approximate surface area is 185 Å². The number of hydrogen-bond acceptors (Lipinski definition) is 5. The number of hydrogen-bond donors (Lipinski definition) is 1. The fourth-order valence-corrected chi connectivity index (χ4v) is 4.39. The molecule has 0 saturated carbocycles. The monoisotopic (exact) mass is 423 g/mol. The van der Waals surface area contributed by atoms with Crippen LogP contribution in [-0.2, 0) is 11.2 Å². The fourth-order valence-electron chi connectivity index (χ4n) is 4.39. The summed E-state index contributed by atoms with van der Waals surface area (Å²) in [6, 6.07) is 14.2. The first-order valence-electron chi connectivity index (χ1n) is 11.2. The van der Waals surface area contributed by atoms with E-state index in [4.69, 9.17) is 9.47 Å². The maximum absolute atomic E-state index is 12.8. The third-order valence-electron chi connectivity index (χ3n) is 6.05. The lowest BCUT2D eigenvalue weighted by molar-refractivity contribution is 0.0162. The number of nitrogens with zero attached hydrogens (tertiary/aromatic N) is 2. The van der Waals surface area contributed by atoms with E-state index in [0.29, 0.717) is 12.1 Å². The Bertz CT molecular complexity index is 891. The van der Waals surface area contributed by atoms with Gasteiger partial charge >= 0.3 is 0 Å². The van der Waals surface area contributed by atoms with E-state index in [1.807, 2.05) is 38.1 Å². The van der Waals surface area contributed by atoms with E-state index >= 15 is 0 Å². The Kier molecular flexibility index (Phi) is 6.78. The van der Waals surface area contributed by atoms with Crippen LogP contribution in [-0.4, -0.2) is 63.4 Å². The highest BCUT2D eigenvalue weighted by Crippen LogP contribution is 2.31. The summed E-state index contributed by atoms with van der Waals surface area (Å²) in [5, 5.41) is 3.16. The van der Waals surface area contributed by atoms with Gasteiger partial charge in [-0.25, -0.2) is 0 Å². The van der Waals surface area contributed by atoms with Crippen molar-refractivity contribution in [3.05, 3.63) is 59.2 Å². The number of nitrogens with one attached hydrogen (secondary N) is 1. The molecule has 0 unspecified atom stereocenters. The molecular weight excluding hydrogens is 390 g/mol. The van der Waals surface area contributed by atoms with Gasteiger partial charge in [0.1, 0.15) is 5.75 Å². The van der Waals surface area contributed by atoms with Gasteiger partial charge in [-0.15, -0.1) is 0 Å². The maximum atomic E-state index is 12.8. The first-order valence-corrected chi connectivity index (χ1v) is 11.2. The third kappa shape index (κ3) is 5.20. The van der Waals surface area contributed by atoms with Crippen LogP contribution in [0, 0.1) is 0 Å². The number of morpholine rings is 1. The Morgan fingerprint density at radius 2 is 1.84 bits per heavy atom. The highest BCUT2D eigenvalue weighted by Gasteiger charge is 2.25. The number of benzene rings is 2. The van der Waals surface area contributed by atoms with E-state index in [2.05, 4.69) is 40.4 Å². The average Bonchev–Trinajstić information content (AvgIpc) is 3.15. The molecule has 2 heterocycles. The second kappa shape index (κ2) is 9.71. The predicted octanol–water partition coefficient (Wildman–Crippen LogP) is 3.27. The summed E-state index contributed by atoms with van der Waals surface area (Å²) in [7, 11) is 2.14. The standard InChI is InChI=1S/C25H33N3O3/c1-18(2)31-22-7-4-19(5-8-22)25(29)26-17-24(28-12-14-30-15-13-28)20-6-9-23-21(16-20)10-11-27(23)3/h4-9,16,18,24H,10-15,17H2,1-3H3,(H,26,29)/t24-/m0/s1. The maximum Gasteiger partial charge on any atom is 0.251 e. The molecule has 0 aromatic heterocycles. The van der Waals surface area contributed by atoms with Gasteiger partial charge in [0, 0.05) is 44.5 Å². The SMILES string of the molecule is CC(C)Oc1ccc(C(=O)NC[C@@H](c2ccc3c(c2)CCN3C)N2CCOCC2)cc1. The fraction of sp³-hybridized carbons (Fsp3) is 0.480. The molecule has 1 atom stereocenters. The summed E-state index contributed by atoms with van der Waals surface area (Å²) >= 11 is 0. The van der Waals surface area contributed by atoms with Crippen LogP contribution >= 0.6 is 0 Å². The largest absolute Gasteiger partial charge is 0.491 e. The third-order valence-corrected chi connectivity index (χ3v) is 6.05. The number of rotatable bonds is 7. The zero-order chi connectivity index (χ0) is 21.8. The normalized spacial score (nSPS) is 17.5. The van der Waals surface area contributed by atoms with Crippen LogP contribution in [0.3, 0.4) is 0 Å². The molecule has 1 saturated heterocycles. The highest BCUT2D eigenvalue weighted by molar-refractivity contribution is 5.94. The first-order chi connectivity index (χ1) is 15.0. The molecule has 166 valence electrons. The summed E-state index contributed by atoms with van der Waals surface area (Å²) in [6.07, 6.45) is 1.19. The number of anilines is 1. The van der Waals surface area contributed by atoms with Gasteiger partial charge in [-0.1, -0.05) is 12.1 Å². The van der Waals surface area contributed by atoms with Crippen molar-refractivity contribution in [2.45, 2.75) is 32.4 Å². The van der Waals surface area contributed by atoms with E-state index in [9.17, 15) is 4.79 Å². The first kappa shape index (κ1) is 21.7. The van der Waals surface area contributed by atoms with E-state index < -0.39 is 0 Å². The molecule has 6 nitrogen and oxygen atoms in total. The number of amides is 1. The Morgan fingerprint density at radius 1 is 1.10 bits per heavy atom. The van der Waals surface area contributed by atoms with Crippen LogP contribution in [0.5, 0.6) is 5.75 Å². The molecule has 1 N–H and O–H groups in total. The minimum atomic E-state index is -0.0600. The van der Waals surface area contributed by atoms with Gasteiger partial charge in [0.05, 0.1) is 25.4 Å². The second-order valence-electron chi connectivity index (χ2n) is 8.62. The van der Waals surface area contributed by atoms with Gasteiger partial charge < -0.3 is 19.7 Å². The molecule has 2 aromatic carbocycles. The Hall–Kier alpha value is -2.57. The molecule has 0 aliphatic carbocycles. The summed E-state index contributed by atoms with van der Waals surface area (Å²) < 4.78 is 11.2. The molecular formula is C25H33N3O3. The minimum Gasteiger partial charge on any atom is -0.491 e. The van der Waals surface area contributed by atoms with Crippen molar-refractivity contribution in [3.8, 4) is 5.75 Å². The van der Waals surface area contributed by atoms with Crippen LogP contribution in [0.2, 0.25) is 0 Å². The van der Waals surface area contributed by atoms with Gasteiger partial charge in [0.2, 0.25) is 0 Å². The molecule has 0 radical (unpaired) electrons. The quantitative estimate of drug-likeness (QED) is 0.741. The smallest absolute Gasteiger partial charge is 0.251 e. The molecule has 1 amide bonds. The van der Waals surface area contributed by atoms with Crippen molar-refractivity contribution in [1.82, 2.24) is 10.2 Å². The van der Waals surface area contributed by atoms with Crippen LogP contribution in [0.4, 0.5) is 5.69 Å². The summed E-state index contributed by atoms with van der Waals surface area (Å²) in [6.45, 7) is 8.82. The van der Waals surface area contributed by atoms with E-state index in [0.717, 1.165) is 45.0 Å². The van der Waals surface area contributed by atoms with Crippen LogP contribution in [0.25, 0.3) is 0 Å². The molecule has 31 heavy (non-hydrogen) atoms. The molecule has 4 rings (SSSR count). The van der Waals surface area contributed by atoms with E-state index in [1.54, 1.807) is 0 Å².